The Bertz CT molecular complexity index is 2100. The summed E-state index contributed by atoms with van der Waals surface area (Å²) in [5.74, 6) is -0.262. The minimum atomic E-state index is -0.977. The van der Waals surface area contributed by atoms with Gasteiger partial charge in [0.2, 0.25) is 11.8 Å². The SMILES string of the molecule is N#Cc1ccc(O[C@H]2CC[C@H](NC(=O)c3ccc(N4CCC(CN5CCN(c6ccc7c(c6)C(=O)N(C6CCC(=O)NC6=O)C7=O)CC5)CC4)nn3)CC2)cc1Cl. The van der Waals surface area contributed by atoms with E-state index in [0.29, 0.717) is 33.5 Å². The van der Waals surface area contributed by atoms with Gasteiger partial charge < -0.3 is 19.9 Å². The zero-order valence-electron chi connectivity index (χ0n) is 31.5. The molecule has 296 valence electrons. The van der Waals surface area contributed by atoms with Crippen LogP contribution in [0.15, 0.2) is 48.5 Å². The minimum absolute atomic E-state index is 0.0183. The molecule has 5 amide bonds. The van der Waals surface area contributed by atoms with E-state index in [-0.39, 0.29) is 36.5 Å². The number of amides is 5. The maximum atomic E-state index is 13.3. The van der Waals surface area contributed by atoms with Crippen LogP contribution in [0.25, 0.3) is 0 Å². The smallest absolute Gasteiger partial charge is 0.272 e. The van der Waals surface area contributed by atoms with Crippen LogP contribution in [0, 0.1) is 17.2 Å². The molecule has 0 spiro atoms. The van der Waals surface area contributed by atoms with Gasteiger partial charge in [0.25, 0.3) is 17.7 Å². The number of piperazine rings is 1. The van der Waals surface area contributed by atoms with E-state index in [9.17, 15) is 24.0 Å². The number of hydrogen-bond acceptors (Lipinski definition) is 12. The lowest BCUT2D eigenvalue weighted by Crippen LogP contribution is -2.54. The molecule has 1 aromatic heterocycles. The van der Waals surface area contributed by atoms with Gasteiger partial charge in [-0.3, -0.25) is 39.1 Å². The van der Waals surface area contributed by atoms with E-state index in [0.717, 1.165) is 101 Å². The Balaban J connectivity index is 0.753. The zero-order valence-corrected chi connectivity index (χ0v) is 32.2. The predicted octanol–water partition coefficient (Wildman–Crippen LogP) is 3.56. The molecule has 2 N–H and O–H groups in total. The van der Waals surface area contributed by atoms with Crippen LogP contribution >= 0.6 is 11.6 Å². The van der Waals surface area contributed by atoms with Crippen LogP contribution in [-0.2, 0) is 9.59 Å². The van der Waals surface area contributed by atoms with Gasteiger partial charge >= 0.3 is 0 Å². The van der Waals surface area contributed by atoms with Gasteiger partial charge in [0.05, 0.1) is 27.8 Å². The Morgan fingerprint density at radius 2 is 1.60 bits per heavy atom. The van der Waals surface area contributed by atoms with Crippen molar-refractivity contribution in [3.63, 3.8) is 0 Å². The van der Waals surface area contributed by atoms with Crippen LogP contribution in [0.4, 0.5) is 11.5 Å². The summed E-state index contributed by atoms with van der Waals surface area (Å²) in [6, 6.07) is 15.1. The summed E-state index contributed by atoms with van der Waals surface area (Å²) in [6.45, 7) is 6.07. The van der Waals surface area contributed by atoms with Crippen LogP contribution in [0.1, 0.15) is 88.1 Å². The van der Waals surface area contributed by atoms with Gasteiger partial charge in [0.15, 0.2) is 11.5 Å². The van der Waals surface area contributed by atoms with Crippen molar-refractivity contribution in [1.82, 2.24) is 30.6 Å². The number of piperidine rings is 2. The fourth-order valence-electron chi connectivity index (χ4n) is 8.61. The molecule has 1 saturated carbocycles. The molecule has 16 heteroatoms. The number of imide groups is 2. The molecule has 1 unspecified atom stereocenters. The van der Waals surface area contributed by atoms with Gasteiger partial charge in [-0.1, -0.05) is 11.6 Å². The van der Waals surface area contributed by atoms with Crippen molar-refractivity contribution in [3.8, 4) is 11.8 Å². The van der Waals surface area contributed by atoms with Gasteiger partial charge in [-0.2, -0.15) is 5.26 Å². The molecular formula is C41H44ClN9O6. The summed E-state index contributed by atoms with van der Waals surface area (Å²) in [5.41, 5.74) is 2.17. The van der Waals surface area contributed by atoms with Gasteiger partial charge in [-0.15, -0.1) is 10.2 Å². The highest BCUT2D eigenvalue weighted by molar-refractivity contribution is 6.31. The molecule has 15 nitrogen and oxygen atoms in total. The molecule has 3 saturated heterocycles. The Labute approximate surface area is 335 Å². The van der Waals surface area contributed by atoms with Crippen LogP contribution < -0.4 is 25.2 Å². The fraction of sp³-hybridized carbons (Fsp3) is 0.463. The number of nitrogens with zero attached hydrogens (tertiary/aromatic N) is 7. The number of hydrogen-bond donors (Lipinski definition) is 2. The van der Waals surface area contributed by atoms with Crippen molar-refractivity contribution in [2.45, 2.75) is 69.6 Å². The predicted molar refractivity (Wildman–Crippen MR) is 209 cm³/mol. The summed E-state index contributed by atoms with van der Waals surface area (Å²) in [6.07, 6.45) is 5.44. The molecule has 4 fully saturated rings. The average Bonchev–Trinajstić information content (AvgIpc) is 3.47. The van der Waals surface area contributed by atoms with E-state index in [2.05, 4.69) is 41.6 Å². The number of benzene rings is 2. The Morgan fingerprint density at radius 1 is 0.842 bits per heavy atom. The molecule has 1 atom stereocenters. The second-order valence-electron chi connectivity index (χ2n) is 15.5. The number of halogens is 1. The lowest BCUT2D eigenvalue weighted by atomic mass is 9.93. The number of ether oxygens (including phenoxy) is 1. The molecule has 1 aliphatic carbocycles. The van der Waals surface area contributed by atoms with E-state index in [1.54, 1.807) is 36.4 Å². The van der Waals surface area contributed by atoms with Crippen molar-refractivity contribution in [2.75, 3.05) is 55.6 Å². The van der Waals surface area contributed by atoms with Gasteiger partial charge in [0.1, 0.15) is 17.9 Å². The molecular weight excluding hydrogens is 750 g/mol. The monoisotopic (exact) mass is 793 g/mol. The van der Waals surface area contributed by atoms with Gasteiger partial charge in [-0.25, -0.2) is 0 Å². The Hall–Kier alpha value is -5.59. The third-order valence-electron chi connectivity index (χ3n) is 11.9. The number of nitrogens with one attached hydrogen (secondary N) is 2. The highest BCUT2D eigenvalue weighted by atomic mass is 35.5. The van der Waals surface area contributed by atoms with E-state index in [4.69, 9.17) is 21.6 Å². The first-order valence-corrected chi connectivity index (χ1v) is 20.1. The number of anilines is 2. The van der Waals surface area contributed by atoms with E-state index in [1.807, 2.05) is 12.1 Å². The number of fused-ring (bicyclic) bond motifs is 1. The lowest BCUT2D eigenvalue weighted by molar-refractivity contribution is -0.136. The lowest BCUT2D eigenvalue weighted by Gasteiger charge is -2.39. The highest BCUT2D eigenvalue weighted by Gasteiger charge is 2.45. The van der Waals surface area contributed by atoms with Crippen molar-refractivity contribution in [3.05, 3.63) is 75.9 Å². The Kier molecular flexibility index (Phi) is 11.1. The molecule has 8 rings (SSSR count). The Morgan fingerprint density at radius 3 is 2.28 bits per heavy atom. The van der Waals surface area contributed by atoms with Crippen molar-refractivity contribution in [1.29, 1.82) is 5.26 Å². The molecule has 0 bridgehead atoms. The van der Waals surface area contributed by atoms with E-state index < -0.39 is 29.7 Å². The summed E-state index contributed by atoms with van der Waals surface area (Å²) in [5, 5.41) is 23.5. The normalized spacial score (nSPS) is 23.2. The quantitative estimate of drug-likeness (QED) is 0.301. The number of rotatable bonds is 9. The number of nitriles is 1. The fourth-order valence-corrected chi connectivity index (χ4v) is 8.82. The van der Waals surface area contributed by atoms with Crippen molar-refractivity contribution >= 4 is 52.6 Å². The van der Waals surface area contributed by atoms with E-state index in [1.165, 1.54) is 0 Å². The number of aromatic nitrogens is 2. The van der Waals surface area contributed by atoms with Crippen LogP contribution in [0.5, 0.6) is 5.75 Å². The first-order valence-electron chi connectivity index (χ1n) is 19.7. The summed E-state index contributed by atoms with van der Waals surface area (Å²) >= 11 is 6.14. The largest absolute Gasteiger partial charge is 0.490 e. The first kappa shape index (κ1) is 38.3. The molecule has 0 radical (unpaired) electrons. The summed E-state index contributed by atoms with van der Waals surface area (Å²) in [7, 11) is 0. The molecule has 57 heavy (non-hydrogen) atoms. The van der Waals surface area contributed by atoms with Crippen molar-refractivity contribution < 1.29 is 28.7 Å². The molecule has 4 aliphatic heterocycles. The summed E-state index contributed by atoms with van der Waals surface area (Å²) < 4.78 is 6.08. The maximum Gasteiger partial charge on any atom is 0.272 e. The average molecular weight is 794 g/mol. The maximum absolute atomic E-state index is 13.3. The number of carbonyl (C=O) groups excluding carboxylic acids is 5. The van der Waals surface area contributed by atoms with Crippen LogP contribution in [-0.4, -0.2) is 114 Å². The van der Waals surface area contributed by atoms with Crippen molar-refractivity contribution in [2.24, 2.45) is 5.92 Å². The second-order valence-corrected chi connectivity index (χ2v) is 15.9. The molecule has 5 heterocycles. The van der Waals surface area contributed by atoms with Gasteiger partial charge in [0, 0.05) is 70.0 Å². The number of carbonyl (C=O) groups is 5. The standard InChI is InChI=1S/C41H44ClN9O6/c42-33-22-30(5-1-26(33)23-43)57-29-6-2-27(3-7-29)44-38(53)34-9-11-36(47-46-34)50-15-13-25(14-16-50)24-48-17-19-49(20-18-48)28-4-8-31-32(21-28)41(56)51(40(31)55)35-10-12-37(52)45-39(35)54/h1,4-5,8-9,11,21-22,25,27,29,35H,2-3,6-7,10,12-20,24H2,(H,44,53)(H,45,52,54)/t27-,29-,35?. The van der Waals surface area contributed by atoms with Crippen LogP contribution in [0.2, 0.25) is 5.02 Å². The minimum Gasteiger partial charge on any atom is -0.490 e. The van der Waals surface area contributed by atoms with Gasteiger partial charge in [-0.05, 0) is 93.3 Å². The topological polar surface area (TPSA) is 181 Å². The zero-order chi connectivity index (χ0) is 39.6. The molecule has 3 aromatic rings. The highest BCUT2D eigenvalue weighted by Crippen LogP contribution is 2.32. The first-order chi connectivity index (χ1) is 27.6. The van der Waals surface area contributed by atoms with Crippen LogP contribution in [0.3, 0.4) is 0 Å². The van der Waals surface area contributed by atoms with E-state index >= 15 is 0 Å². The molecule has 5 aliphatic rings. The summed E-state index contributed by atoms with van der Waals surface area (Å²) in [4.78, 5) is 71.4. The third-order valence-corrected chi connectivity index (χ3v) is 12.2. The third kappa shape index (κ3) is 8.29. The molecule has 2 aromatic carbocycles. The second kappa shape index (κ2) is 16.5.